The Kier molecular flexibility index (Phi) is 9.19. The van der Waals surface area contributed by atoms with E-state index in [1.54, 1.807) is 19.2 Å². The number of ether oxygens (including phenoxy) is 2. The number of anilines is 1. The molecular weight excluding hydrogens is 492 g/mol. The molecule has 0 amide bonds. The van der Waals surface area contributed by atoms with E-state index in [0.29, 0.717) is 31.0 Å². The van der Waals surface area contributed by atoms with Gasteiger partial charge in [-0.2, -0.15) is 0 Å². The van der Waals surface area contributed by atoms with Crippen molar-refractivity contribution in [1.82, 2.24) is 19.4 Å². The quantitative estimate of drug-likeness (QED) is 0.376. The van der Waals surface area contributed by atoms with Crippen LogP contribution in [0, 0.1) is 0 Å². The normalized spacial score (nSPS) is 15.7. The summed E-state index contributed by atoms with van der Waals surface area (Å²) in [4.78, 5) is 25.0. The average molecular weight is 526 g/mol. The molecule has 8 nitrogen and oxygen atoms in total. The highest BCUT2D eigenvalue weighted by Gasteiger charge is 2.18. The number of aromatic nitrogens is 3. The molecule has 1 aromatic carbocycles. The summed E-state index contributed by atoms with van der Waals surface area (Å²) in [5, 5.41) is 3.18. The third-order valence-electron chi connectivity index (χ3n) is 6.49. The zero-order chi connectivity index (χ0) is 27.1. The van der Waals surface area contributed by atoms with Gasteiger partial charge < -0.3 is 14.8 Å². The molecule has 1 aliphatic rings. The number of halogens is 2. The van der Waals surface area contributed by atoms with Crippen molar-refractivity contribution in [3.8, 4) is 5.75 Å². The largest absolute Gasteiger partial charge is 0.497 e. The highest BCUT2D eigenvalue weighted by Crippen LogP contribution is 2.26. The van der Waals surface area contributed by atoms with E-state index in [4.69, 9.17) is 9.47 Å². The van der Waals surface area contributed by atoms with Crippen LogP contribution in [-0.2, 0) is 11.3 Å². The van der Waals surface area contributed by atoms with Gasteiger partial charge in [0.25, 0.3) is 5.56 Å². The number of hydrogen-bond donors (Lipinski definition) is 1. The third-order valence-corrected chi connectivity index (χ3v) is 6.49. The third kappa shape index (κ3) is 6.62. The number of fused-ring (bicyclic) bond motifs is 1. The maximum absolute atomic E-state index is 14.4. The fourth-order valence-corrected chi connectivity index (χ4v) is 4.32. The van der Waals surface area contributed by atoms with E-state index in [1.165, 1.54) is 11.5 Å². The molecule has 0 saturated carbocycles. The molecular formula is C28H33F2N5O3. The Bertz CT molecular complexity index is 1350. The first-order valence-corrected chi connectivity index (χ1v) is 12.6. The number of methoxy groups -OCH3 is 1. The van der Waals surface area contributed by atoms with E-state index in [2.05, 4.69) is 26.8 Å². The van der Waals surface area contributed by atoms with Gasteiger partial charge in [-0.3, -0.25) is 14.3 Å². The molecule has 3 aromatic rings. The highest BCUT2D eigenvalue weighted by atomic mass is 19.1. The zero-order valence-electron chi connectivity index (χ0n) is 21.8. The number of nitrogens with one attached hydrogen (secondary N) is 1. The lowest BCUT2D eigenvalue weighted by Gasteiger charge is -2.26. The summed E-state index contributed by atoms with van der Waals surface area (Å²) >= 11 is 0. The first kappa shape index (κ1) is 27.4. The molecule has 1 saturated heterocycles. The van der Waals surface area contributed by atoms with Crippen LogP contribution in [-0.4, -0.2) is 72.1 Å². The van der Waals surface area contributed by atoms with Crippen molar-refractivity contribution < 1.29 is 18.3 Å². The molecule has 0 spiro atoms. The van der Waals surface area contributed by atoms with E-state index in [1.807, 2.05) is 24.3 Å². The van der Waals surface area contributed by atoms with Gasteiger partial charge in [0.05, 0.1) is 32.6 Å². The Morgan fingerprint density at radius 3 is 2.61 bits per heavy atom. The van der Waals surface area contributed by atoms with Gasteiger partial charge in [-0.15, -0.1) is 6.58 Å². The van der Waals surface area contributed by atoms with Gasteiger partial charge in [0.1, 0.15) is 23.3 Å². The van der Waals surface area contributed by atoms with Gasteiger partial charge in [0.15, 0.2) is 11.5 Å². The number of hydrogen-bond acceptors (Lipinski definition) is 7. The van der Waals surface area contributed by atoms with E-state index in [-0.39, 0.29) is 41.3 Å². The van der Waals surface area contributed by atoms with Crippen LogP contribution in [0.25, 0.3) is 16.7 Å². The molecule has 4 rings (SSSR count). The number of alkyl halides is 1. The van der Waals surface area contributed by atoms with Crippen molar-refractivity contribution in [2.24, 2.45) is 0 Å². The minimum Gasteiger partial charge on any atom is -0.497 e. The summed E-state index contributed by atoms with van der Waals surface area (Å²) in [7, 11) is 1.59. The first-order chi connectivity index (χ1) is 18.4. The Balaban J connectivity index is 1.72. The molecule has 2 aromatic heterocycles. The Morgan fingerprint density at radius 1 is 1.21 bits per heavy atom. The van der Waals surface area contributed by atoms with E-state index >= 15 is 0 Å². The lowest BCUT2D eigenvalue weighted by atomic mass is 10.0. The van der Waals surface area contributed by atoms with E-state index < -0.39 is 12.0 Å². The number of allylic oxidation sites excluding steroid dienone is 3. The molecule has 10 heteroatoms. The van der Waals surface area contributed by atoms with Gasteiger partial charge in [0.2, 0.25) is 0 Å². The standard InChI is InChI=1S/C28H33F2N5O3/c1-4-21(30)17-23(19(2)29)24-9-10-25-27(33-24)35(18-20-5-7-22(37-3)8-6-20)28(36)26(32-25)31-11-12-34-13-15-38-16-14-34/h4-10,21H,1,11-18H2,2-3H3,(H,31,32)/b23-19-. The van der Waals surface area contributed by atoms with Crippen molar-refractivity contribution in [3.63, 3.8) is 0 Å². The van der Waals surface area contributed by atoms with Gasteiger partial charge >= 0.3 is 0 Å². The molecule has 38 heavy (non-hydrogen) atoms. The lowest BCUT2D eigenvalue weighted by molar-refractivity contribution is 0.0398. The molecule has 3 heterocycles. The first-order valence-electron chi connectivity index (χ1n) is 12.6. The molecule has 1 fully saturated rings. The van der Waals surface area contributed by atoms with Crippen LogP contribution in [0.3, 0.4) is 0 Å². The van der Waals surface area contributed by atoms with Gasteiger partial charge in [0, 0.05) is 38.2 Å². The van der Waals surface area contributed by atoms with Gasteiger partial charge in [-0.1, -0.05) is 18.2 Å². The number of pyridine rings is 1. The predicted molar refractivity (Wildman–Crippen MR) is 145 cm³/mol. The topological polar surface area (TPSA) is 81.5 Å². The molecule has 1 N–H and O–H groups in total. The number of rotatable bonds is 11. The van der Waals surface area contributed by atoms with Crippen LogP contribution < -0.4 is 15.6 Å². The van der Waals surface area contributed by atoms with Gasteiger partial charge in [-0.05, 0) is 36.8 Å². The van der Waals surface area contributed by atoms with Gasteiger partial charge in [-0.25, -0.2) is 18.7 Å². The maximum Gasteiger partial charge on any atom is 0.295 e. The van der Waals surface area contributed by atoms with E-state index in [0.717, 1.165) is 31.3 Å². The van der Waals surface area contributed by atoms with Crippen molar-refractivity contribution in [3.05, 3.63) is 76.5 Å². The second-order valence-electron chi connectivity index (χ2n) is 9.09. The minimum absolute atomic E-state index is 0.121. The van der Waals surface area contributed by atoms with Crippen molar-refractivity contribution in [1.29, 1.82) is 0 Å². The van der Waals surface area contributed by atoms with Crippen LogP contribution in [0.1, 0.15) is 24.6 Å². The molecule has 0 radical (unpaired) electrons. The Morgan fingerprint density at radius 2 is 1.95 bits per heavy atom. The minimum atomic E-state index is -1.43. The molecule has 1 aliphatic heterocycles. The van der Waals surface area contributed by atoms with Crippen LogP contribution in [0.5, 0.6) is 5.75 Å². The maximum atomic E-state index is 14.4. The molecule has 202 valence electrons. The fraction of sp³-hybridized carbons (Fsp3) is 0.393. The SMILES string of the molecule is C=CC(F)C/C(=C(\C)F)c1ccc2nc(NCCN3CCOCC3)c(=O)n(Cc3ccc(OC)cc3)c2n1. The number of nitrogens with zero attached hydrogens (tertiary/aromatic N) is 4. The van der Waals surface area contributed by atoms with Crippen molar-refractivity contribution >= 4 is 22.6 Å². The molecule has 0 aliphatic carbocycles. The molecule has 0 bridgehead atoms. The lowest BCUT2D eigenvalue weighted by Crippen LogP contribution is -2.39. The second-order valence-corrected chi connectivity index (χ2v) is 9.09. The average Bonchev–Trinajstić information content (AvgIpc) is 2.94. The highest BCUT2D eigenvalue weighted by molar-refractivity contribution is 5.76. The molecule has 1 unspecified atom stereocenters. The monoisotopic (exact) mass is 525 g/mol. The van der Waals surface area contributed by atoms with E-state index in [9.17, 15) is 13.6 Å². The summed E-state index contributed by atoms with van der Waals surface area (Å²) in [6, 6.07) is 10.6. The number of morpholine rings is 1. The zero-order valence-corrected chi connectivity index (χ0v) is 21.8. The summed E-state index contributed by atoms with van der Waals surface area (Å²) in [5.74, 6) is 0.365. The summed E-state index contributed by atoms with van der Waals surface area (Å²) in [6.07, 6.45) is -0.507. The van der Waals surface area contributed by atoms with Crippen LogP contribution in [0.15, 0.2) is 59.7 Å². The Labute approximate surface area is 220 Å². The van der Waals surface area contributed by atoms with Crippen LogP contribution in [0.2, 0.25) is 0 Å². The van der Waals surface area contributed by atoms with Crippen LogP contribution in [0.4, 0.5) is 14.6 Å². The van der Waals surface area contributed by atoms with Crippen molar-refractivity contribution in [2.45, 2.75) is 26.1 Å². The summed E-state index contributed by atoms with van der Waals surface area (Å²) in [6.45, 7) is 9.28. The summed E-state index contributed by atoms with van der Waals surface area (Å²) < 4.78 is 40.7. The smallest absolute Gasteiger partial charge is 0.295 e. The second kappa shape index (κ2) is 12.7. The van der Waals surface area contributed by atoms with Crippen LogP contribution >= 0.6 is 0 Å². The fourth-order valence-electron chi connectivity index (χ4n) is 4.32. The Hall–Kier alpha value is -3.63. The number of benzene rings is 1. The van der Waals surface area contributed by atoms with Crippen molar-refractivity contribution in [2.75, 3.05) is 51.8 Å². The predicted octanol–water partition coefficient (Wildman–Crippen LogP) is 4.21. The summed E-state index contributed by atoms with van der Waals surface area (Å²) in [5.41, 5.74) is 1.62. The molecule has 1 atom stereocenters.